The number of furan rings is 2. The molecular weight excluding hydrogens is 478 g/mol. The number of hydrogen-bond acceptors (Lipinski definition) is 8. The Kier molecular flexibility index (Phi) is 6.21. The topological polar surface area (TPSA) is 145 Å². The second kappa shape index (κ2) is 9.78. The lowest BCUT2D eigenvalue weighted by molar-refractivity contribution is -0.123. The van der Waals surface area contributed by atoms with Crippen LogP contribution in [-0.2, 0) is 9.53 Å². The number of carbonyl (C=O) groups excluding carboxylic acids is 2. The fraction of sp³-hybridized carbons (Fsp3) is 0.0741. The largest absolute Gasteiger partial charge is 0.478 e. The molecule has 0 spiro atoms. The molecule has 2 aromatic carbocycles. The van der Waals surface area contributed by atoms with Gasteiger partial charge in [0.25, 0.3) is 5.91 Å². The first-order valence-corrected chi connectivity index (χ1v) is 11.1. The van der Waals surface area contributed by atoms with Crippen LogP contribution in [0.1, 0.15) is 27.6 Å². The molecular formula is C27H19N3O7. The number of benzene rings is 2. The first kappa shape index (κ1) is 23.5. The second-order valence-corrected chi connectivity index (χ2v) is 8.00. The molecule has 1 amide bonds. The summed E-state index contributed by atoms with van der Waals surface area (Å²) < 4.78 is 16.4. The first-order valence-electron chi connectivity index (χ1n) is 11.1. The summed E-state index contributed by atoms with van der Waals surface area (Å²) in [6.45, 7) is 1.43. The molecule has 5 rings (SSSR count). The maximum absolute atomic E-state index is 12.8. The average Bonchev–Trinajstić information content (AvgIpc) is 3.63. The number of esters is 1. The molecule has 3 heterocycles. The molecule has 0 fully saturated rings. The summed E-state index contributed by atoms with van der Waals surface area (Å²) in [4.78, 5) is 45.6. The van der Waals surface area contributed by atoms with Crippen LogP contribution in [0.4, 0.5) is 5.69 Å². The van der Waals surface area contributed by atoms with E-state index in [1.54, 1.807) is 30.3 Å². The van der Waals surface area contributed by atoms with Gasteiger partial charge in [0, 0.05) is 5.69 Å². The van der Waals surface area contributed by atoms with Gasteiger partial charge in [-0.05, 0) is 73.7 Å². The Hall–Kier alpha value is -5.25. The SMILES string of the molecule is CC(OC(=O)c1ccc2nc(-c3ccco3)c(-c3ccco3)nc2c1)C(=O)Nc1ccc(C(=O)O)cc1. The monoisotopic (exact) mass is 497 g/mol. The fourth-order valence-electron chi connectivity index (χ4n) is 3.57. The molecule has 10 heteroatoms. The van der Waals surface area contributed by atoms with Gasteiger partial charge in [0.2, 0.25) is 0 Å². The number of rotatable bonds is 7. The molecule has 0 saturated carbocycles. The Morgan fingerprint density at radius 3 is 2.00 bits per heavy atom. The first-order chi connectivity index (χ1) is 17.9. The van der Waals surface area contributed by atoms with E-state index in [0.717, 1.165) is 0 Å². The number of nitrogens with zero attached hydrogens (tertiary/aromatic N) is 2. The predicted molar refractivity (Wildman–Crippen MR) is 132 cm³/mol. The molecule has 5 aromatic rings. The molecule has 10 nitrogen and oxygen atoms in total. The summed E-state index contributed by atoms with van der Waals surface area (Å²) in [5, 5.41) is 11.6. The summed E-state index contributed by atoms with van der Waals surface area (Å²) in [5.41, 5.74) is 2.52. The fourth-order valence-corrected chi connectivity index (χ4v) is 3.57. The molecule has 1 atom stereocenters. The van der Waals surface area contributed by atoms with Crippen molar-refractivity contribution in [1.29, 1.82) is 0 Å². The number of fused-ring (bicyclic) bond motifs is 1. The number of anilines is 1. The zero-order chi connectivity index (χ0) is 25.9. The number of carbonyl (C=O) groups is 3. The molecule has 0 saturated heterocycles. The average molecular weight is 497 g/mol. The second-order valence-electron chi connectivity index (χ2n) is 8.00. The van der Waals surface area contributed by atoms with Crippen LogP contribution in [0.25, 0.3) is 33.9 Å². The third-order valence-electron chi connectivity index (χ3n) is 5.46. The van der Waals surface area contributed by atoms with Crippen LogP contribution in [-0.4, -0.2) is 39.0 Å². The lowest BCUT2D eigenvalue weighted by Gasteiger charge is -2.14. The zero-order valence-electron chi connectivity index (χ0n) is 19.4. The standard InChI is InChI=1S/C27H19N3O7/c1-15(25(31)28-18-9-6-16(7-10-18)26(32)33)37-27(34)17-8-11-19-20(14-17)30-24(22-5-3-13-36-22)23(29-19)21-4-2-12-35-21/h2-15H,1H3,(H,28,31)(H,32,33). The molecule has 3 aromatic heterocycles. The van der Waals surface area contributed by atoms with Crippen LogP contribution < -0.4 is 5.32 Å². The van der Waals surface area contributed by atoms with Crippen molar-refractivity contribution in [3.63, 3.8) is 0 Å². The molecule has 184 valence electrons. The van der Waals surface area contributed by atoms with Gasteiger partial charge in [-0.1, -0.05) is 0 Å². The lowest BCUT2D eigenvalue weighted by atomic mass is 10.1. The van der Waals surface area contributed by atoms with Gasteiger partial charge in [0.1, 0.15) is 11.4 Å². The minimum atomic E-state index is -1.12. The molecule has 1 unspecified atom stereocenters. The highest BCUT2D eigenvalue weighted by atomic mass is 16.5. The van der Waals surface area contributed by atoms with E-state index in [0.29, 0.717) is 39.6 Å². The van der Waals surface area contributed by atoms with E-state index in [2.05, 4.69) is 15.3 Å². The van der Waals surface area contributed by atoms with Gasteiger partial charge in [-0.3, -0.25) is 4.79 Å². The number of aromatic nitrogens is 2. The molecule has 0 aliphatic rings. The van der Waals surface area contributed by atoms with E-state index in [9.17, 15) is 14.4 Å². The van der Waals surface area contributed by atoms with E-state index in [4.69, 9.17) is 18.7 Å². The Morgan fingerprint density at radius 2 is 1.43 bits per heavy atom. The van der Waals surface area contributed by atoms with Crippen molar-refractivity contribution in [3.8, 4) is 22.9 Å². The van der Waals surface area contributed by atoms with Crippen LogP contribution in [0.5, 0.6) is 0 Å². The molecule has 0 radical (unpaired) electrons. The quantitative estimate of drug-likeness (QED) is 0.296. The third kappa shape index (κ3) is 4.94. The molecule has 0 aliphatic heterocycles. The smallest absolute Gasteiger partial charge is 0.338 e. The zero-order valence-corrected chi connectivity index (χ0v) is 19.4. The third-order valence-corrected chi connectivity index (χ3v) is 5.46. The highest BCUT2D eigenvalue weighted by Crippen LogP contribution is 2.31. The Morgan fingerprint density at radius 1 is 0.838 bits per heavy atom. The maximum Gasteiger partial charge on any atom is 0.338 e. The van der Waals surface area contributed by atoms with Gasteiger partial charge < -0.3 is 24.0 Å². The van der Waals surface area contributed by atoms with Gasteiger partial charge in [-0.25, -0.2) is 19.6 Å². The van der Waals surface area contributed by atoms with Crippen molar-refractivity contribution in [1.82, 2.24) is 9.97 Å². The van der Waals surface area contributed by atoms with Crippen LogP contribution in [0.3, 0.4) is 0 Å². The van der Waals surface area contributed by atoms with Gasteiger partial charge in [0.15, 0.2) is 17.6 Å². The highest BCUT2D eigenvalue weighted by molar-refractivity contribution is 5.99. The van der Waals surface area contributed by atoms with Crippen molar-refractivity contribution >= 4 is 34.6 Å². The number of aromatic carboxylic acids is 1. The maximum atomic E-state index is 12.8. The Bertz CT molecular complexity index is 1590. The van der Waals surface area contributed by atoms with Gasteiger partial charge in [-0.15, -0.1) is 0 Å². The summed E-state index contributed by atoms with van der Waals surface area (Å²) in [5.74, 6) is -1.37. The van der Waals surface area contributed by atoms with Crippen molar-refractivity contribution in [2.24, 2.45) is 0 Å². The van der Waals surface area contributed by atoms with E-state index >= 15 is 0 Å². The summed E-state index contributed by atoms with van der Waals surface area (Å²) in [6, 6.07) is 17.3. The molecule has 0 aliphatic carbocycles. The van der Waals surface area contributed by atoms with Crippen LogP contribution in [0, 0.1) is 0 Å². The van der Waals surface area contributed by atoms with E-state index in [-0.39, 0.29) is 11.1 Å². The number of hydrogen-bond donors (Lipinski definition) is 2. The van der Waals surface area contributed by atoms with Crippen LogP contribution >= 0.6 is 0 Å². The van der Waals surface area contributed by atoms with Crippen molar-refractivity contribution in [3.05, 3.63) is 90.4 Å². The van der Waals surface area contributed by atoms with Gasteiger partial charge >= 0.3 is 11.9 Å². The summed E-state index contributed by atoms with van der Waals surface area (Å²) in [7, 11) is 0. The number of carboxylic acids is 1. The van der Waals surface area contributed by atoms with Crippen molar-refractivity contribution < 1.29 is 33.1 Å². The van der Waals surface area contributed by atoms with E-state index < -0.39 is 23.9 Å². The molecule has 2 N–H and O–H groups in total. The Balaban J connectivity index is 1.36. The molecule has 37 heavy (non-hydrogen) atoms. The van der Waals surface area contributed by atoms with Crippen LogP contribution in [0.15, 0.2) is 88.1 Å². The van der Waals surface area contributed by atoms with E-state index in [1.165, 1.54) is 55.8 Å². The minimum Gasteiger partial charge on any atom is -0.478 e. The predicted octanol–water partition coefficient (Wildman–Crippen LogP) is 5.03. The van der Waals surface area contributed by atoms with Gasteiger partial charge in [0.05, 0.1) is 34.7 Å². The normalized spacial score (nSPS) is 11.7. The van der Waals surface area contributed by atoms with Crippen molar-refractivity contribution in [2.45, 2.75) is 13.0 Å². The summed E-state index contributed by atoms with van der Waals surface area (Å²) >= 11 is 0. The highest BCUT2D eigenvalue weighted by Gasteiger charge is 2.21. The number of carboxylic acid groups (broad SMARTS) is 1. The number of nitrogens with one attached hydrogen (secondary N) is 1. The Labute approximate surface area is 209 Å². The van der Waals surface area contributed by atoms with Gasteiger partial charge in [-0.2, -0.15) is 0 Å². The summed E-state index contributed by atoms with van der Waals surface area (Å²) in [6.07, 6.45) is 1.94. The van der Waals surface area contributed by atoms with Crippen molar-refractivity contribution in [2.75, 3.05) is 5.32 Å². The lowest BCUT2D eigenvalue weighted by Crippen LogP contribution is -2.30. The number of ether oxygens (including phenoxy) is 1. The van der Waals surface area contributed by atoms with Crippen LogP contribution in [0.2, 0.25) is 0 Å². The minimum absolute atomic E-state index is 0.0864. The van der Waals surface area contributed by atoms with E-state index in [1.807, 2.05) is 0 Å². The molecule has 0 bridgehead atoms. The number of amides is 1.